The highest BCUT2D eigenvalue weighted by Gasteiger charge is 2.23. The van der Waals surface area contributed by atoms with Crippen molar-refractivity contribution in [1.82, 2.24) is 4.90 Å². The Labute approximate surface area is 158 Å². The minimum atomic E-state index is -0.280. The van der Waals surface area contributed by atoms with Gasteiger partial charge in [-0.2, -0.15) is 0 Å². The smallest absolute Gasteiger partial charge is 0.233 e. The van der Waals surface area contributed by atoms with Gasteiger partial charge < -0.3 is 15.1 Å². The lowest BCUT2D eigenvalue weighted by atomic mass is 10.2. The molecule has 0 aromatic heterocycles. The summed E-state index contributed by atoms with van der Waals surface area (Å²) in [6.07, 6.45) is -0.134. The summed E-state index contributed by atoms with van der Waals surface area (Å²) in [5.41, 5.74) is 2.83. The van der Waals surface area contributed by atoms with Gasteiger partial charge in [-0.25, -0.2) is 0 Å². The van der Waals surface area contributed by atoms with E-state index in [-0.39, 0.29) is 18.2 Å². The van der Waals surface area contributed by atoms with E-state index in [0.717, 1.165) is 24.3 Å². The average Bonchev–Trinajstić information content (AvgIpc) is 2.61. The molecule has 1 aliphatic heterocycles. The van der Waals surface area contributed by atoms with E-state index >= 15 is 0 Å². The van der Waals surface area contributed by atoms with Gasteiger partial charge in [0.2, 0.25) is 11.8 Å². The van der Waals surface area contributed by atoms with E-state index in [0.29, 0.717) is 23.8 Å². The predicted octanol–water partition coefficient (Wildman–Crippen LogP) is 3.33. The minimum absolute atomic E-state index is 0.134. The van der Waals surface area contributed by atoms with Crippen LogP contribution in [0, 0.1) is 6.92 Å². The normalized spacial score (nSPS) is 14.2. The van der Waals surface area contributed by atoms with Crippen LogP contribution >= 0.6 is 11.6 Å². The SMILES string of the molecule is Cc1cccc(NC(=O)CC(=O)N2CCN(c3cccc(Cl)c3)CC2)c1. The van der Waals surface area contributed by atoms with Gasteiger partial charge in [0.1, 0.15) is 6.42 Å². The first-order valence-electron chi connectivity index (χ1n) is 8.66. The number of nitrogens with one attached hydrogen (secondary N) is 1. The molecule has 0 aliphatic carbocycles. The quantitative estimate of drug-likeness (QED) is 0.839. The molecule has 0 spiro atoms. The maximum atomic E-state index is 12.4. The fourth-order valence-electron chi connectivity index (χ4n) is 3.06. The van der Waals surface area contributed by atoms with Gasteiger partial charge in [0.25, 0.3) is 0 Å². The number of aryl methyl sites for hydroxylation is 1. The van der Waals surface area contributed by atoms with Crippen LogP contribution in [0.25, 0.3) is 0 Å². The fourth-order valence-corrected chi connectivity index (χ4v) is 3.25. The zero-order valence-electron chi connectivity index (χ0n) is 14.7. The third-order valence-corrected chi connectivity index (χ3v) is 4.65. The number of carbonyl (C=O) groups excluding carboxylic acids is 2. The number of halogens is 1. The van der Waals surface area contributed by atoms with E-state index in [1.165, 1.54) is 0 Å². The van der Waals surface area contributed by atoms with Gasteiger partial charge in [-0.3, -0.25) is 9.59 Å². The number of anilines is 2. The Kier molecular flexibility index (Phi) is 5.78. The van der Waals surface area contributed by atoms with Crippen molar-refractivity contribution < 1.29 is 9.59 Å². The molecule has 1 heterocycles. The van der Waals surface area contributed by atoms with E-state index in [9.17, 15) is 9.59 Å². The van der Waals surface area contributed by atoms with Gasteiger partial charge in [-0.1, -0.05) is 29.8 Å². The van der Waals surface area contributed by atoms with Crippen LogP contribution in [0.4, 0.5) is 11.4 Å². The summed E-state index contributed by atoms with van der Waals surface area (Å²) in [5.74, 6) is -0.418. The number of nitrogens with zero attached hydrogens (tertiary/aromatic N) is 2. The second kappa shape index (κ2) is 8.23. The molecule has 2 aromatic rings. The van der Waals surface area contributed by atoms with Crippen LogP contribution in [0.15, 0.2) is 48.5 Å². The van der Waals surface area contributed by atoms with Gasteiger partial charge in [-0.05, 0) is 42.8 Å². The van der Waals surface area contributed by atoms with E-state index in [4.69, 9.17) is 11.6 Å². The molecule has 1 fully saturated rings. The number of hydrogen-bond donors (Lipinski definition) is 1. The molecule has 2 amide bonds. The molecule has 3 rings (SSSR count). The Hall–Kier alpha value is -2.53. The largest absolute Gasteiger partial charge is 0.368 e. The third kappa shape index (κ3) is 4.76. The molecule has 136 valence electrons. The number of amides is 2. The van der Waals surface area contributed by atoms with Gasteiger partial charge in [0.05, 0.1) is 0 Å². The first-order valence-corrected chi connectivity index (χ1v) is 9.04. The highest BCUT2D eigenvalue weighted by molar-refractivity contribution is 6.30. The fraction of sp³-hybridized carbons (Fsp3) is 0.300. The van der Waals surface area contributed by atoms with Crippen LogP contribution in [0.5, 0.6) is 0 Å². The van der Waals surface area contributed by atoms with Crippen molar-refractivity contribution in [2.75, 3.05) is 36.4 Å². The lowest BCUT2D eigenvalue weighted by molar-refractivity contribution is -0.134. The lowest BCUT2D eigenvalue weighted by Gasteiger charge is -2.36. The molecular weight excluding hydrogens is 350 g/mol. The molecule has 5 nitrogen and oxygen atoms in total. The molecule has 0 unspecified atom stereocenters. The summed E-state index contributed by atoms with van der Waals surface area (Å²) in [5, 5.41) is 3.48. The predicted molar refractivity (Wildman–Crippen MR) is 105 cm³/mol. The van der Waals surface area contributed by atoms with E-state index in [1.807, 2.05) is 55.5 Å². The van der Waals surface area contributed by atoms with Crippen LogP contribution in [0.1, 0.15) is 12.0 Å². The number of piperazine rings is 1. The monoisotopic (exact) mass is 371 g/mol. The summed E-state index contributed by atoms with van der Waals surface area (Å²) in [7, 11) is 0. The molecule has 1 aliphatic rings. The molecule has 0 radical (unpaired) electrons. The Bertz CT molecular complexity index is 801. The highest BCUT2D eigenvalue weighted by atomic mass is 35.5. The van der Waals surface area contributed by atoms with Crippen molar-refractivity contribution in [2.24, 2.45) is 0 Å². The Morgan fingerprint density at radius 2 is 1.77 bits per heavy atom. The topological polar surface area (TPSA) is 52.7 Å². The molecule has 1 N–H and O–H groups in total. The van der Waals surface area contributed by atoms with Gasteiger partial charge in [0.15, 0.2) is 0 Å². The van der Waals surface area contributed by atoms with Gasteiger partial charge >= 0.3 is 0 Å². The molecule has 0 saturated carbocycles. The van der Waals surface area contributed by atoms with Crippen molar-refractivity contribution in [2.45, 2.75) is 13.3 Å². The summed E-state index contributed by atoms with van der Waals surface area (Å²) >= 11 is 6.04. The van der Waals surface area contributed by atoms with E-state index < -0.39 is 0 Å². The molecular formula is C20H22ClN3O2. The summed E-state index contributed by atoms with van der Waals surface area (Å²) in [6, 6.07) is 15.2. The molecule has 0 atom stereocenters. The lowest BCUT2D eigenvalue weighted by Crippen LogP contribution is -2.49. The third-order valence-electron chi connectivity index (χ3n) is 4.42. The van der Waals surface area contributed by atoms with E-state index in [1.54, 1.807) is 4.90 Å². The Balaban J connectivity index is 1.49. The minimum Gasteiger partial charge on any atom is -0.368 e. The van der Waals surface area contributed by atoms with Gasteiger partial charge in [-0.15, -0.1) is 0 Å². The van der Waals surface area contributed by atoms with Crippen molar-refractivity contribution >= 4 is 34.8 Å². The zero-order valence-corrected chi connectivity index (χ0v) is 15.5. The maximum absolute atomic E-state index is 12.4. The number of rotatable bonds is 4. The average molecular weight is 372 g/mol. The maximum Gasteiger partial charge on any atom is 0.233 e. The van der Waals surface area contributed by atoms with Crippen LogP contribution < -0.4 is 10.2 Å². The zero-order chi connectivity index (χ0) is 18.5. The van der Waals surface area contributed by atoms with Crippen LogP contribution in [0.3, 0.4) is 0 Å². The molecule has 1 saturated heterocycles. The molecule has 26 heavy (non-hydrogen) atoms. The summed E-state index contributed by atoms with van der Waals surface area (Å²) in [6.45, 7) is 4.61. The Morgan fingerprint density at radius 1 is 1.04 bits per heavy atom. The first kappa shape index (κ1) is 18.3. The first-order chi connectivity index (χ1) is 12.5. The second-order valence-electron chi connectivity index (χ2n) is 6.44. The molecule has 0 bridgehead atoms. The van der Waals surface area contributed by atoms with Crippen LogP contribution in [-0.2, 0) is 9.59 Å². The standard InChI is InChI=1S/C20H22ClN3O2/c1-15-4-2-6-17(12-15)22-19(25)14-20(26)24-10-8-23(9-11-24)18-7-3-5-16(21)13-18/h2-7,12-13H,8-11,14H2,1H3,(H,22,25). The number of carbonyl (C=O) groups is 2. The van der Waals surface area contributed by atoms with Crippen molar-refractivity contribution in [3.05, 3.63) is 59.1 Å². The number of hydrogen-bond acceptors (Lipinski definition) is 3. The van der Waals surface area contributed by atoms with Crippen molar-refractivity contribution in [3.8, 4) is 0 Å². The second-order valence-corrected chi connectivity index (χ2v) is 6.88. The van der Waals surface area contributed by atoms with Crippen LogP contribution in [-0.4, -0.2) is 42.9 Å². The van der Waals surface area contributed by atoms with Crippen LogP contribution in [0.2, 0.25) is 5.02 Å². The highest BCUT2D eigenvalue weighted by Crippen LogP contribution is 2.21. The van der Waals surface area contributed by atoms with Crippen molar-refractivity contribution in [3.63, 3.8) is 0 Å². The number of benzene rings is 2. The molecule has 6 heteroatoms. The Morgan fingerprint density at radius 3 is 2.46 bits per heavy atom. The van der Waals surface area contributed by atoms with Crippen molar-refractivity contribution in [1.29, 1.82) is 0 Å². The van der Waals surface area contributed by atoms with Gasteiger partial charge in [0, 0.05) is 42.6 Å². The molecule has 2 aromatic carbocycles. The summed E-state index contributed by atoms with van der Waals surface area (Å²) in [4.78, 5) is 28.4. The summed E-state index contributed by atoms with van der Waals surface area (Å²) < 4.78 is 0. The van der Waals surface area contributed by atoms with E-state index in [2.05, 4.69) is 10.2 Å².